The Morgan fingerprint density at radius 2 is 2.20 bits per heavy atom. The third kappa shape index (κ3) is 4.84. The minimum Gasteiger partial charge on any atom is -0.326 e. The smallest absolute Gasteiger partial charge is 0.224 e. The first-order chi connectivity index (χ1) is 7.08. The molecule has 1 rings (SSSR count). The molecule has 0 aliphatic carbocycles. The van der Waals surface area contributed by atoms with Gasteiger partial charge in [-0.15, -0.1) is 0 Å². The maximum Gasteiger partial charge on any atom is 0.224 e. The van der Waals surface area contributed by atoms with Gasteiger partial charge in [0.15, 0.2) is 0 Å². The van der Waals surface area contributed by atoms with Crippen molar-refractivity contribution in [1.82, 2.24) is 0 Å². The molecule has 0 aromatic heterocycles. The molecule has 0 saturated carbocycles. The molecule has 1 N–H and O–H groups in total. The molecule has 1 aromatic rings. The van der Waals surface area contributed by atoms with Crippen LogP contribution in [0.3, 0.4) is 0 Å². The molecule has 2 nitrogen and oxygen atoms in total. The Bertz CT molecular complexity index is 336. The lowest BCUT2D eigenvalue weighted by molar-refractivity contribution is -0.116. The molecule has 0 heterocycles. The van der Waals surface area contributed by atoms with Crippen LogP contribution in [0.4, 0.5) is 5.69 Å². The lowest BCUT2D eigenvalue weighted by Gasteiger charge is -2.06. The number of nitrogens with one attached hydrogen (secondary N) is 1. The predicted octanol–water partition coefficient (Wildman–Crippen LogP) is 3.71. The second-order valence-electron chi connectivity index (χ2n) is 3.99. The molecule has 0 unspecified atom stereocenters. The fourth-order valence-corrected chi connectivity index (χ4v) is 1.40. The molecule has 0 aliphatic heterocycles. The van der Waals surface area contributed by atoms with Crippen molar-refractivity contribution in [2.45, 2.75) is 26.7 Å². The highest BCUT2D eigenvalue weighted by Gasteiger charge is 2.03. The third-order valence-corrected chi connectivity index (χ3v) is 2.29. The second kappa shape index (κ2) is 5.76. The quantitative estimate of drug-likeness (QED) is 0.832. The first kappa shape index (κ1) is 12.1. The van der Waals surface area contributed by atoms with Gasteiger partial charge in [-0.3, -0.25) is 4.79 Å². The molecule has 0 radical (unpaired) electrons. The molecule has 1 amide bonds. The van der Waals surface area contributed by atoms with Gasteiger partial charge in [0.05, 0.1) is 0 Å². The SMILES string of the molecule is CC(C)CCC(=O)Nc1cccc(Cl)c1. The van der Waals surface area contributed by atoms with Crippen LogP contribution in [0.25, 0.3) is 0 Å². The number of benzene rings is 1. The maximum absolute atomic E-state index is 11.5. The molecule has 0 fully saturated rings. The minimum absolute atomic E-state index is 0.0472. The number of rotatable bonds is 4. The Hall–Kier alpha value is -1.02. The molecule has 0 saturated heterocycles. The third-order valence-electron chi connectivity index (χ3n) is 2.06. The van der Waals surface area contributed by atoms with E-state index in [1.807, 2.05) is 12.1 Å². The van der Waals surface area contributed by atoms with Crippen LogP contribution in [-0.2, 0) is 4.79 Å². The van der Waals surface area contributed by atoms with E-state index in [0.717, 1.165) is 12.1 Å². The summed E-state index contributed by atoms with van der Waals surface area (Å²) in [6.07, 6.45) is 1.47. The standard InChI is InChI=1S/C12H16ClNO/c1-9(2)6-7-12(15)14-11-5-3-4-10(13)8-11/h3-5,8-9H,6-7H2,1-2H3,(H,14,15). The van der Waals surface area contributed by atoms with E-state index in [1.165, 1.54) is 0 Å². The van der Waals surface area contributed by atoms with Crippen molar-refractivity contribution in [3.63, 3.8) is 0 Å². The molecule has 0 bridgehead atoms. The van der Waals surface area contributed by atoms with Crippen molar-refractivity contribution in [2.24, 2.45) is 5.92 Å². The molecule has 0 spiro atoms. The highest BCUT2D eigenvalue weighted by molar-refractivity contribution is 6.30. The zero-order valence-electron chi connectivity index (χ0n) is 9.09. The number of amides is 1. The van der Waals surface area contributed by atoms with E-state index < -0.39 is 0 Å². The van der Waals surface area contributed by atoms with Crippen LogP contribution >= 0.6 is 11.6 Å². The molecule has 1 aromatic carbocycles. The molecular formula is C12H16ClNO. The Balaban J connectivity index is 2.44. The first-order valence-electron chi connectivity index (χ1n) is 5.13. The van der Waals surface area contributed by atoms with Crippen molar-refractivity contribution in [3.8, 4) is 0 Å². The molecule has 15 heavy (non-hydrogen) atoms. The lowest BCUT2D eigenvalue weighted by atomic mass is 10.1. The molecule has 0 aliphatic rings. The summed E-state index contributed by atoms with van der Waals surface area (Å²) >= 11 is 5.80. The maximum atomic E-state index is 11.5. The van der Waals surface area contributed by atoms with Gasteiger partial charge in [-0.2, -0.15) is 0 Å². The number of hydrogen-bond donors (Lipinski definition) is 1. The summed E-state index contributed by atoms with van der Waals surface area (Å²) in [6.45, 7) is 4.21. The van der Waals surface area contributed by atoms with Crippen LogP contribution in [0.5, 0.6) is 0 Å². The number of carbonyl (C=O) groups excluding carboxylic acids is 1. The number of carbonyl (C=O) groups is 1. The number of hydrogen-bond acceptors (Lipinski definition) is 1. The van der Waals surface area contributed by atoms with E-state index in [4.69, 9.17) is 11.6 Å². The van der Waals surface area contributed by atoms with Gasteiger partial charge in [-0.25, -0.2) is 0 Å². The minimum atomic E-state index is 0.0472. The van der Waals surface area contributed by atoms with Gasteiger partial charge in [-0.1, -0.05) is 31.5 Å². The Morgan fingerprint density at radius 1 is 1.47 bits per heavy atom. The van der Waals surface area contributed by atoms with E-state index in [1.54, 1.807) is 12.1 Å². The van der Waals surface area contributed by atoms with Crippen molar-refractivity contribution >= 4 is 23.2 Å². The fraction of sp³-hybridized carbons (Fsp3) is 0.417. The predicted molar refractivity (Wildman–Crippen MR) is 64.2 cm³/mol. The first-order valence-corrected chi connectivity index (χ1v) is 5.51. The van der Waals surface area contributed by atoms with Gasteiger partial charge in [-0.05, 0) is 30.5 Å². The molecular weight excluding hydrogens is 210 g/mol. The summed E-state index contributed by atoms with van der Waals surface area (Å²) < 4.78 is 0. The van der Waals surface area contributed by atoms with Gasteiger partial charge in [0, 0.05) is 17.1 Å². The van der Waals surface area contributed by atoms with Gasteiger partial charge in [0.1, 0.15) is 0 Å². The Labute approximate surface area is 95.6 Å². The van der Waals surface area contributed by atoms with Crippen LogP contribution in [-0.4, -0.2) is 5.91 Å². The van der Waals surface area contributed by atoms with E-state index in [9.17, 15) is 4.79 Å². The number of halogens is 1. The largest absolute Gasteiger partial charge is 0.326 e. The van der Waals surface area contributed by atoms with Crippen molar-refractivity contribution in [1.29, 1.82) is 0 Å². The Morgan fingerprint density at radius 3 is 2.80 bits per heavy atom. The zero-order chi connectivity index (χ0) is 11.3. The summed E-state index contributed by atoms with van der Waals surface area (Å²) in [7, 11) is 0. The van der Waals surface area contributed by atoms with E-state index in [-0.39, 0.29) is 5.91 Å². The van der Waals surface area contributed by atoms with Crippen LogP contribution < -0.4 is 5.32 Å². The van der Waals surface area contributed by atoms with Crippen molar-refractivity contribution in [2.75, 3.05) is 5.32 Å². The average molecular weight is 226 g/mol. The fourth-order valence-electron chi connectivity index (χ4n) is 1.21. The topological polar surface area (TPSA) is 29.1 Å². The monoisotopic (exact) mass is 225 g/mol. The summed E-state index contributed by atoms with van der Waals surface area (Å²) in [4.78, 5) is 11.5. The summed E-state index contributed by atoms with van der Waals surface area (Å²) in [5.74, 6) is 0.598. The number of anilines is 1. The summed E-state index contributed by atoms with van der Waals surface area (Å²) in [6, 6.07) is 7.18. The van der Waals surface area contributed by atoms with Crippen LogP contribution in [0, 0.1) is 5.92 Å². The van der Waals surface area contributed by atoms with E-state index >= 15 is 0 Å². The average Bonchev–Trinajstić information content (AvgIpc) is 2.15. The van der Waals surface area contributed by atoms with E-state index in [2.05, 4.69) is 19.2 Å². The van der Waals surface area contributed by atoms with Crippen LogP contribution in [0.15, 0.2) is 24.3 Å². The highest BCUT2D eigenvalue weighted by atomic mass is 35.5. The molecule has 0 atom stereocenters. The van der Waals surface area contributed by atoms with Crippen LogP contribution in [0.1, 0.15) is 26.7 Å². The Kier molecular flexibility index (Phi) is 4.63. The van der Waals surface area contributed by atoms with Gasteiger partial charge < -0.3 is 5.32 Å². The second-order valence-corrected chi connectivity index (χ2v) is 4.43. The van der Waals surface area contributed by atoms with Gasteiger partial charge in [0.25, 0.3) is 0 Å². The van der Waals surface area contributed by atoms with Crippen molar-refractivity contribution in [3.05, 3.63) is 29.3 Å². The van der Waals surface area contributed by atoms with Crippen LogP contribution in [0.2, 0.25) is 5.02 Å². The molecule has 82 valence electrons. The van der Waals surface area contributed by atoms with E-state index in [0.29, 0.717) is 17.4 Å². The van der Waals surface area contributed by atoms with Gasteiger partial charge >= 0.3 is 0 Å². The normalized spacial score (nSPS) is 10.4. The van der Waals surface area contributed by atoms with Crippen molar-refractivity contribution < 1.29 is 4.79 Å². The lowest BCUT2D eigenvalue weighted by Crippen LogP contribution is -2.11. The highest BCUT2D eigenvalue weighted by Crippen LogP contribution is 2.15. The summed E-state index contributed by atoms with van der Waals surface area (Å²) in [5, 5.41) is 3.45. The summed E-state index contributed by atoms with van der Waals surface area (Å²) in [5.41, 5.74) is 0.760. The van der Waals surface area contributed by atoms with Gasteiger partial charge in [0.2, 0.25) is 5.91 Å². The zero-order valence-corrected chi connectivity index (χ0v) is 9.84. The molecule has 3 heteroatoms.